The highest BCUT2D eigenvalue weighted by atomic mass is 16.5. The van der Waals surface area contributed by atoms with Crippen LogP contribution in [-0.4, -0.2) is 11.0 Å². The van der Waals surface area contributed by atoms with E-state index in [2.05, 4.69) is 10.3 Å². The Hall–Kier alpha value is -1.81. The fourth-order valence-corrected chi connectivity index (χ4v) is 1.77. The molecule has 1 fully saturated rings. The molecule has 0 bridgehead atoms. The van der Waals surface area contributed by atoms with Crippen LogP contribution in [0.5, 0.6) is 5.75 Å². The van der Waals surface area contributed by atoms with Crippen molar-refractivity contribution in [1.29, 1.82) is 0 Å². The maximum Gasteiger partial charge on any atom is 0.146 e. The number of hydrogen-bond acceptors (Lipinski definition) is 4. The summed E-state index contributed by atoms with van der Waals surface area (Å²) in [5.74, 6) is 1.64. The first kappa shape index (κ1) is 11.3. The lowest BCUT2D eigenvalue weighted by Gasteiger charge is -2.10. The Labute approximate surface area is 106 Å². The molecule has 0 aliphatic heterocycles. The molecule has 0 aromatic carbocycles. The van der Waals surface area contributed by atoms with Gasteiger partial charge in [-0.15, -0.1) is 0 Å². The number of nitrogens with one attached hydrogen (secondary N) is 1. The van der Waals surface area contributed by atoms with E-state index < -0.39 is 0 Å². The minimum atomic E-state index is 0.440. The van der Waals surface area contributed by atoms with E-state index in [1.807, 2.05) is 18.2 Å². The Bertz CT molecular complexity index is 492. The molecule has 0 atom stereocenters. The van der Waals surface area contributed by atoms with E-state index in [1.165, 1.54) is 12.8 Å². The molecule has 4 nitrogen and oxygen atoms in total. The fourth-order valence-electron chi connectivity index (χ4n) is 1.77. The van der Waals surface area contributed by atoms with E-state index in [1.54, 1.807) is 18.7 Å². The van der Waals surface area contributed by atoms with Gasteiger partial charge in [-0.3, -0.25) is 4.98 Å². The first-order valence-corrected chi connectivity index (χ1v) is 6.23. The van der Waals surface area contributed by atoms with Crippen LogP contribution in [0.25, 0.3) is 0 Å². The zero-order chi connectivity index (χ0) is 12.2. The van der Waals surface area contributed by atoms with Gasteiger partial charge in [0.1, 0.15) is 18.1 Å². The predicted molar refractivity (Wildman–Crippen MR) is 67.1 cm³/mol. The van der Waals surface area contributed by atoms with E-state index in [9.17, 15) is 0 Å². The summed E-state index contributed by atoms with van der Waals surface area (Å²) in [4.78, 5) is 4.10. The third-order valence-corrected chi connectivity index (χ3v) is 2.98. The van der Waals surface area contributed by atoms with Gasteiger partial charge in [0.15, 0.2) is 0 Å². The molecule has 0 spiro atoms. The van der Waals surface area contributed by atoms with Gasteiger partial charge in [-0.05, 0) is 31.0 Å². The van der Waals surface area contributed by atoms with Crippen molar-refractivity contribution in [3.8, 4) is 5.75 Å². The third kappa shape index (κ3) is 2.90. The summed E-state index contributed by atoms with van der Waals surface area (Å²) in [6.07, 6.45) is 7.77. The van der Waals surface area contributed by atoms with Gasteiger partial charge in [-0.2, -0.15) is 0 Å². The van der Waals surface area contributed by atoms with Gasteiger partial charge in [-0.25, -0.2) is 0 Å². The molecule has 2 heterocycles. The van der Waals surface area contributed by atoms with Gasteiger partial charge in [0.05, 0.1) is 12.5 Å². The summed E-state index contributed by atoms with van der Waals surface area (Å²) in [5, 5.41) is 3.48. The number of nitrogens with zero attached hydrogens (tertiary/aromatic N) is 1. The molecule has 4 heteroatoms. The van der Waals surface area contributed by atoms with Crippen molar-refractivity contribution in [3.05, 3.63) is 48.2 Å². The topological polar surface area (TPSA) is 47.3 Å². The molecule has 0 amide bonds. The first-order chi connectivity index (χ1) is 8.92. The zero-order valence-corrected chi connectivity index (χ0v) is 10.1. The summed E-state index contributed by atoms with van der Waals surface area (Å²) in [7, 11) is 0. The van der Waals surface area contributed by atoms with Crippen LogP contribution < -0.4 is 10.1 Å². The second-order valence-corrected chi connectivity index (χ2v) is 4.51. The van der Waals surface area contributed by atoms with Crippen LogP contribution in [0, 0.1) is 0 Å². The normalized spacial score (nSPS) is 14.7. The number of furan rings is 1. The van der Waals surface area contributed by atoms with Crippen LogP contribution in [0.3, 0.4) is 0 Å². The smallest absolute Gasteiger partial charge is 0.146 e. The SMILES string of the molecule is c1coc(COc2cnccc2CNC2CC2)c1. The maximum absolute atomic E-state index is 5.74. The van der Waals surface area contributed by atoms with Gasteiger partial charge >= 0.3 is 0 Å². The van der Waals surface area contributed by atoms with Crippen molar-refractivity contribution in [2.24, 2.45) is 0 Å². The molecule has 1 N–H and O–H groups in total. The molecule has 0 saturated heterocycles. The number of ether oxygens (including phenoxy) is 1. The van der Waals surface area contributed by atoms with Crippen LogP contribution in [0.4, 0.5) is 0 Å². The van der Waals surface area contributed by atoms with Gasteiger partial charge in [-0.1, -0.05) is 0 Å². The molecule has 94 valence electrons. The molecule has 1 aliphatic rings. The first-order valence-electron chi connectivity index (χ1n) is 6.23. The molecule has 0 radical (unpaired) electrons. The average molecular weight is 244 g/mol. The van der Waals surface area contributed by atoms with Gasteiger partial charge in [0.25, 0.3) is 0 Å². The molecule has 1 saturated carbocycles. The van der Waals surface area contributed by atoms with E-state index in [-0.39, 0.29) is 0 Å². The van der Waals surface area contributed by atoms with E-state index in [4.69, 9.17) is 9.15 Å². The highest BCUT2D eigenvalue weighted by Gasteiger charge is 2.20. The van der Waals surface area contributed by atoms with E-state index in [0.717, 1.165) is 23.6 Å². The maximum atomic E-state index is 5.74. The van der Waals surface area contributed by atoms with Gasteiger partial charge in [0, 0.05) is 24.3 Å². The zero-order valence-electron chi connectivity index (χ0n) is 10.1. The summed E-state index contributed by atoms with van der Waals surface area (Å²) in [5.41, 5.74) is 1.14. The average Bonchev–Trinajstić information content (AvgIpc) is 3.09. The summed E-state index contributed by atoms with van der Waals surface area (Å²) in [6, 6.07) is 6.44. The van der Waals surface area contributed by atoms with Gasteiger partial charge in [0.2, 0.25) is 0 Å². The number of hydrogen-bond donors (Lipinski definition) is 1. The van der Waals surface area contributed by atoms with Crippen LogP contribution in [0.1, 0.15) is 24.2 Å². The highest BCUT2D eigenvalue weighted by Crippen LogP contribution is 2.22. The van der Waals surface area contributed by atoms with E-state index in [0.29, 0.717) is 12.6 Å². The second kappa shape index (κ2) is 5.23. The molecule has 0 unspecified atom stereocenters. The Balaban J connectivity index is 1.62. The Morgan fingerprint density at radius 2 is 2.33 bits per heavy atom. The third-order valence-electron chi connectivity index (χ3n) is 2.98. The van der Waals surface area contributed by atoms with Crippen molar-refractivity contribution >= 4 is 0 Å². The number of rotatable bonds is 6. The monoisotopic (exact) mass is 244 g/mol. The minimum absolute atomic E-state index is 0.440. The molecule has 3 rings (SSSR count). The van der Waals surface area contributed by atoms with Crippen molar-refractivity contribution in [2.45, 2.75) is 32.0 Å². The predicted octanol–water partition coefficient (Wildman–Crippen LogP) is 2.51. The van der Waals surface area contributed by atoms with Crippen molar-refractivity contribution in [2.75, 3.05) is 0 Å². The Morgan fingerprint density at radius 1 is 1.39 bits per heavy atom. The standard InChI is InChI=1S/C14H16N2O2/c1-2-13(17-7-1)10-18-14-9-15-6-5-11(14)8-16-12-3-4-12/h1-2,5-7,9,12,16H,3-4,8,10H2. The second-order valence-electron chi connectivity index (χ2n) is 4.51. The van der Waals surface area contributed by atoms with Crippen molar-refractivity contribution < 1.29 is 9.15 Å². The minimum Gasteiger partial charge on any atom is -0.484 e. The molecular formula is C14H16N2O2. The highest BCUT2D eigenvalue weighted by molar-refractivity contribution is 5.30. The molecule has 2 aromatic heterocycles. The van der Waals surface area contributed by atoms with E-state index >= 15 is 0 Å². The Kier molecular flexibility index (Phi) is 3.28. The molecule has 2 aromatic rings. The summed E-state index contributed by atoms with van der Waals surface area (Å²) >= 11 is 0. The van der Waals surface area contributed by atoms with Crippen molar-refractivity contribution in [3.63, 3.8) is 0 Å². The van der Waals surface area contributed by atoms with Crippen LogP contribution in [0.15, 0.2) is 41.3 Å². The lowest BCUT2D eigenvalue weighted by atomic mass is 10.2. The van der Waals surface area contributed by atoms with Crippen molar-refractivity contribution in [1.82, 2.24) is 10.3 Å². The number of aromatic nitrogens is 1. The summed E-state index contributed by atoms with van der Waals surface area (Å²) in [6.45, 7) is 1.27. The lowest BCUT2D eigenvalue weighted by molar-refractivity contribution is 0.266. The van der Waals surface area contributed by atoms with Crippen LogP contribution in [0.2, 0.25) is 0 Å². The quantitative estimate of drug-likeness (QED) is 0.848. The van der Waals surface area contributed by atoms with Crippen LogP contribution >= 0.6 is 0 Å². The lowest BCUT2D eigenvalue weighted by Crippen LogP contribution is -2.16. The largest absolute Gasteiger partial charge is 0.484 e. The fraction of sp³-hybridized carbons (Fsp3) is 0.357. The molecular weight excluding hydrogens is 228 g/mol. The number of pyridine rings is 1. The Morgan fingerprint density at radius 3 is 3.11 bits per heavy atom. The molecule has 1 aliphatic carbocycles. The van der Waals surface area contributed by atoms with Gasteiger partial charge < -0.3 is 14.5 Å². The summed E-state index contributed by atoms with van der Waals surface area (Å²) < 4.78 is 11.0. The van der Waals surface area contributed by atoms with Crippen LogP contribution in [-0.2, 0) is 13.2 Å². The molecule has 18 heavy (non-hydrogen) atoms.